The van der Waals surface area contributed by atoms with Crippen molar-refractivity contribution in [1.29, 1.82) is 0 Å². The molecule has 2 aliphatic heterocycles. The van der Waals surface area contributed by atoms with E-state index in [1.807, 2.05) is 0 Å². The number of fused-ring (bicyclic) bond motifs is 1. The average molecular weight is 351 g/mol. The zero-order valence-corrected chi connectivity index (χ0v) is 13.7. The van der Waals surface area contributed by atoms with Crippen molar-refractivity contribution < 1.29 is 17.9 Å². The molecule has 0 N–H and O–H groups in total. The van der Waals surface area contributed by atoms with Crippen LogP contribution in [-0.2, 0) is 9.84 Å². The van der Waals surface area contributed by atoms with Crippen molar-refractivity contribution >= 4 is 33.0 Å². The van der Waals surface area contributed by atoms with Crippen LogP contribution in [0.15, 0.2) is 12.1 Å². The van der Waals surface area contributed by atoms with Crippen molar-refractivity contribution in [3.05, 3.63) is 22.7 Å². The standard InChI is InChI=1S/C14H16Cl2O4S/c15-10-8-12-11(19-4-5-20-12)7-9(10)14(16)13-3-1-2-6-21(13,17)18/h7-8,13-14H,1-6H2. The van der Waals surface area contributed by atoms with E-state index in [0.29, 0.717) is 48.1 Å². The molecule has 0 spiro atoms. The summed E-state index contributed by atoms with van der Waals surface area (Å²) in [5.41, 5.74) is 0.595. The second-order valence-corrected chi connectivity index (χ2v) is 8.54. The Morgan fingerprint density at radius 1 is 1.14 bits per heavy atom. The molecule has 0 saturated carbocycles. The molecule has 0 amide bonds. The highest BCUT2D eigenvalue weighted by Crippen LogP contribution is 2.43. The molecule has 0 aliphatic carbocycles. The smallest absolute Gasteiger partial charge is 0.162 e. The van der Waals surface area contributed by atoms with E-state index < -0.39 is 20.5 Å². The van der Waals surface area contributed by atoms with E-state index in [1.54, 1.807) is 12.1 Å². The number of alkyl halides is 1. The largest absolute Gasteiger partial charge is 0.486 e. The van der Waals surface area contributed by atoms with Crippen LogP contribution in [0.25, 0.3) is 0 Å². The van der Waals surface area contributed by atoms with E-state index in [9.17, 15) is 8.42 Å². The molecule has 3 rings (SSSR count). The van der Waals surface area contributed by atoms with Gasteiger partial charge in [0, 0.05) is 11.1 Å². The van der Waals surface area contributed by atoms with Crippen molar-refractivity contribution in [1.82, 2.24) is 0 Å². The number of ether oxygens (including phenoxy) is 2. The number of rotatable bonds is 2. The highest BCUT2D eigenvalue weighted by molar-refractivity contribution is 7.92. The number of hydrogen-bond acceptors (Lipinski definition) is 4. The average Bonchev–Trinajstić information content (AvgIpc) is 2.45. The van der Waals surface area contributed by atoms with Crippen LogP contribution in [0.5, 0.6) is 11.5 Å². The van der Waals surface area contributed by atoms with E-state index in [1.165, 1.54) is 0 Å². The highest BCUT2D eigenvalue weighted by atomic mass is 35.5. The van der Waals surface area contributed by atoms with E-state index in [-0.39, 0.29) is 5.75 Å². The zero-order valence-electron chi connectivity index (χ0n) is 11.3. The molecule has 1 aromatic rings. The Labute approximate surface area is 134 Å². The fourth-order valence-corrected chi connectivity index (χ4v) is 5.85. The van der Waals surface area contributed by atoms with E-state index in [0.717, 1.165) is 6.42 Å². The Morgan fingerprint density at radius 3 is 2.48 bits per heavy atom. The van der Waals surface area contributed by atoms with Crippen molar-refractivity contribution in [2.24, 2.45) is 0 Å². The Hall–Kier alpha value is -0.650. The number of halogens is 2. The Kier molecular flexibility index (Phi) is 4.26. The van der Waals surface area contributed by atoms with Crippen LogP contribution in [0.1, 0.15) is 30.2 Å². The number of benzene rings is 1. The lowest BCUT2D eigenvalue weighted by atomic mass is 10.0. The lowest BCUT2D eigenvalue weighted by molar-refractivity contribution is 0.171. The van der Waals surface area contributed by atoms with Gasteiger partial charge in [-0.15, -0.1) is 11.6 Å². The molecule has 0 aromatic heterocycles. The monoisotopic (exact) mass is 350 g/mol. The summed E-state index contributed by atoms with van der Waals surface area (Å²) in [6, 6.07) is 3.36. The van der Waals surface area contributed by atoms with E-state index >= 15 is 0 Å². The molecule has 21 heavy (non-hydrogen) atoms. The molecule has 1 fully saturated rings. The van der Waals surface area contributed by atoms with Crippen LogP contribution in [-0.4, -0.2) is 32.6 Å². The molecule has 0 radical (unpaired) electrons. The summed E-state index contributed by atoms with van der Waals surface area (Å²) in [6.07, 6.45) is 2.15. The molecule has 1 saturated heterocycles. The highest BCUT2D eigenvalue weighted by Gasteiger charge is 2.36. The molecular weight excluding hydrogens is 335 g/mol. The second-order valence-electron chi connectivity index (χ2n) is 5.32. The predicted octanol–water partition coefficient (Wildman–Crippen LogP) is 3.36. The van der Waals surface area contributed by atoms with Crippen molar-refractivity contribution in [2.45, 2.75) is 29.9 Å². The van der Waals surface area contributed by atoms with Gasteiger partial charge in [-0.1, -0.05) is 18.0 Å². The van der Waals surface area contributed by atoms with Gasteiger partial charge in [-0.25, -0.2) is 8.42 Å². The third-order valence-corrected chi connectivity index (χ3v) is 7.22. The predicted molar refractivity (Wildman–Crippen MR) is 82.5 cm³/mol. The van der Waals surface area contributed by atoms with Gasteiger partial charge in [0.1, 0.15) is 13.2 Å². The van der Waals surface area contributed by atoms with Gasteiger partial charge in [0.15, 0.2) is 21.3 Å². The molecule has 2 heterocycles. The first kappa shape index (κ1) is 15.3. The Balaban J connectivity index is 1.95. The van der Waals surface area contributed by atoms with Gasteiger partial charge in [-0.2, -0.15) is 0 Å². The number of hydrogen-bond donors (Lipinski definition) is 0. The van der Waals surface area contributed by atoms with Crippen LogP contribution in [0.3, 0.4) is 0 Å². The normalized spacial score (nSPS) is 25.3. The Morgan fingerprint density at radius 2 is 1.81 bits per heavy atom. The van der Waals surface area contributed by atoms with Crippen LogP contribution in [0.4, 0.5) is 0 Å². The minimum atomic E-state index is -3.17. The molecule has 2 aliphatic rings. The van der Waals surface area contributed by atoms with Crippen LogP contribution < -0.4 is 9.47 Å². The first-order valence-electron chi connectivity index (χ1n) is 6.94. The molecule has 2 atom stereocenters. The lowest BCUT2D eigenvalue weighted by Crippen LogP contribution is -2.32. The maximum Gasteiger partial charge on any atom is 0.162 e. The summed E-state index contributed by atoms with van der Waals surface area (Å²) in [4.78, 5) is 0. The zero-order chi connectivity index (χ0) is 15.0. The third kappa shape index (κ3) is 2.96. The minimum absolute atomic E-state index is 0.197. The van der Waals surface area contributed by atoms with Gasteiger partial charge in [0.05, 0.1) is 16.4 Å². The Bertz CT molecular complexity index is 645. The first-order valence-corrected chi connectivity index (χ1v) is 9.47. The molecule has 7 heteroatoms. The van der Waals surface area contributed by atoms with Crippen LogP contribution in [0, 0.1) is 0 Å². The molecule has 4 nitrogen and oxygen atoms in total. The fraction of sp³-hybridized carbons (Fsp3) is 0.571. The van der Waals surface area contributed by atoms with Gasteiger partial charge in [-0.05, 0) is 24.5 Å². The lowest BCUT2D eigenvalue weighted by Gasteiger charge is -2.28. The fourth-order valence-electron chi connectivity index (χ4n) is 2.80. The summed E-state index contributed by atoms with van der Waals surface area (Å²) in [6.45, 7) is 0.937. The van der Waals surface area contributed by atoms with E-state index in [2.05, 4.69) is 0 Å². The van der Waals surface area contributed by atoms with Gasteiger partial charge >= 0.3 is 0 Å². The van der Waals surface area contributed by atoms with Crippen molar-refractivity contribution in [3.63, 3.8) is 0 Å². The van der Waals surface area contributed by atoms with Gasteiger partial charge < -0.3 is 9.47 Å². The summed E-state index contributed by atoms with van der Waals surface area (Å²) >= 11 is 12.7. The molecule has 1 aromatic carbocycles. The maximum atomic E-state index is 12.2. The topological polar surface area (TPSA) is 52.6 Å². The van der Waals surface area contributed by atoms with Crippen LogP contribution in [0.2, 0.25) is 5.02 Å². The maximum absolute atomic E-state index is 12.2. The second kappa shape index (κ2) is 5.86. The van der Waals surface area contributed by atoms with Gasteiger partial charge in [-0.3, -0.25) is 0 Å². The quantitative estimate of drug-likeness (QED) is 0.767. The SMILES string of the molecule is O=S1(=O)CCCCC1C(Cl)c1cc2c(cc1Cl)OCCO2. The summed E-state index contributed by atoms with van der Waals surface area (Å²) < 4.78 is 35.4. The molecule has 2 unspecified atom stereocenters. The van der Waals surface area contributed by atoms with E-state index in [4.69, 9.17) is 32.7 Å². The molecule has 0 bridgehead atoms. The number of sulfone groups is 1. The summed E-state index contributed by atoms with van der Waals surface area (Å²) in [5.74, 6) is 1.34. The van der Waals surface area contributed by atoms with Crippen LogP contribution >= 0.6 is 23.2 Å². The first-order chi connectivity index (χ1) is 9.99. The van der Waals surface area contributed by atoms with Gasteiger partial charge in [0.25, 0.3) is 0 Å². The molecule has 116 valence electrons. The van der Waals surface area contributed by atoms with Crippen molar-refractivity contribution in [3.8, 4) is 11.5 Å². The van der Waals surface area contributed by atoms with Crippen molar-refractivity contribution in [2.75, 3.05) is 19.0 Å². The molecular formula is C14H16Cl2O4S. The third-order valence-electron chi connectivity index (χ3n) is 3.91. The summed E-state index contributed by atoms with van der Waals surface area (Å²) in [5, 5.41) is -0.841. The van der Waals surface area contributed by atoms with Gasteiger partial charge in [0.2, 0.25) is 0 Å². The minimum Gasteiger partial charge on any atom is -0.486 e. The summed E-state index contributed by atoms with van der Waals surface area (Å²) in [7, 11) is -3.17.